The van der Waals surface area contributed by atoms with Crippen molar-refractivity contribution in [3.8, 4) is 0 Å². The van der Waals surface area contributed by atoms with Gasteiger partial charge in [-0.15, -0.1) is 0 Å². The van der Waals surface area contributed by atoms with Crippen LogP contribution >= 0.6 is 15.9 Å². The van der Waals surface area contributed by atoms with Crippen LogP contribution in [0.2, 0.25) is 0 Å². The van der Waals surface area contributed by atoms with Crippen molar-refractivity contribution < 1.29 is 0 Å². The van der Waals surface area contributed by atoms with E-state index in [-0.39, 0.29) is 0 Å². The van der Waals surface area contributed by atoms with Gasteiger partial charge in [0.25, 0.3) is 0 Å². The fourth-order valence-corrected chi connectivity index (χ4v) is 2.27. The second-order valence-corrected chi connectivity index (χ2v) is 4.36. The average molecular weight is 256 g/mol. The molecule has 0 aromatic carbocycles. The zero-order valence-electron chi connectivity index (χ0n) is 7.99. The summed E-state index contributed by atoms with van der Waals surface area (Å²) >= 11 is 3.38. The molecule has 0 amide bonds. The number of aromatic nitrogens is 1. The summed E-state index contributed by atoms with van der Waals surface area (Å²) in [5.74, 6) is 1.03. The van der Waals surface area contributed by atoms with Gasteiger partial charge in [-0.3, -0.25) is 0 Å². The minimum absolute atomic E-state index is 0.469. The van der Waals surface area contributed by atoms with E-state index in [0.29, 0.717) is 12.6 Å². The van der Waals surface area contributed by atoms with Crippen molar-refractivity contribution in [1.82, 2.24) is 4.98 Å². The van der Waals surface area contributed by atoms with E-state index in [1.54, 1.807) is 0 Å². The Balaban J connectivity index is 2.21. The maximum absolute atomic E-state index is 5.72. The average Bonchev–Trinajstić information content (AvgIpc) is 2.65. The number of nitrogens with two attached hydrogens (primary N) is 1. The molecule has 0 bridgehead atoms. The monoisotopic (exact) mass is 255 g/mol. The fraction of sp³-hybridized carbons (Fsp3) is 0.500. The van der Waals surface area contributed by atoms with E-state index in [2.05, 4.69) is 25.8 Å². The van der Waals surface area contributed by atoms with Crippen LogP contribution in [0.4, 0.5) is 5.82 Å². The van der Waals surface area contributed by atoms with E-state index in [0.717, 1.165) is 17.0 Å². The molecular weight excluding hydrogens is 242 g/mol. The van der Waals surface area contributed by atoms with Gasteiger partial charge >= 0.3 is 0 Å². The van der Waals surface area contributed by atoms with Gasteiger partial charge in [-0.2, -0.15) is 0 Å². The summed E-state index contributed by atoms with van der Waals surface area (Å²) in [5, 5.41) is 0. The molecule has 0 saturated carbocycles. The fourth-order valence-electron chi connectivity index (χ4n) is 1.94. The van der Waals surface area contributed by atoms with Gasteiger partial charge in [-0.25, -0.2) is 4.98 Å². The lowest BCUT2D eigenvalue weighted by molar-refractivity contribution is 0.671. The van der Waals surface area contributed by atoms with Gasteiger partial charge in [0.15, 0.2) is 0 Å². The Morgan fingerprint density at radius 2 is 2.43 bits per heavy atom. The zero-order valence-corrected chi connectivity index (χ0v) is 9.57. The van der Waals surface area contributed by atoms with E-state index < -0.39 is 0 Å². The molecule has 2 heterocycles. The minimum atomic E-state index is 0.469. The highest BCUT2D eigenvalue weighted by atomic mass is 79.9. The molecule has 0 unspecified atom stereocenters. The van der Waals surface area contributed by atoms with Crippen molar-refractivity contribution in [2.24, 2.45) is 5.73 Å². The van der Waals surface area contributed by atoms with Crippen LogP contribution in [0.3, 0.4) is 0 Å². The Hall–Kier alpha value is -0.610. The number of halogens is 1. The first-order chi connectivity index (χ1) is 6.81. The number of hydrogen-bond donors (Lipinski definition) is 1. The summed E-state index contributed by atoms with van der Waals surface area (Å²) in [6.45, 7) is 1.79. The lowest BCUT2D eigenvalue weighted by atomic mass is 10.2. The highest BCUT2D eigenvalue weighted by Crippen LogP contribution is 2.24. The van der Waals surface area contributed by atoms with Gasteiger partial charge in [0.05, 0.1) is 0 Å². The maximum Gasteiger partial charge on any atom is 0.130 e. The normalized spacial score (nSPS) is 21.6. The van der Waals surface area contributed by atoms with E-state index in [4.69, 9.17) is 5.73 Å². The number of hydrogen-bond acceptors (Lipinski definition) is 3. The molecule has 1 atom stereocenters. The smallest absolute Gasteiger partial charge is 0.130 e. The summed E-state index contributed by atoms with van der Waals surface area (Å²) in [5.41, 5.74) is 5.72. The highest BCUT2D eigenvalue weighted by molar-refractivity contribution is 9.10. The lowest BCUT2D eigenvalue weighted by Gasteiger charge is -2.24. The molecule has 0 aliphatic carbocycles. The molecule has 0 spiro atoms. The topological polar surface area (TPSA) is 42.1 Å². The molecule has 76 valence electrons. The molecule has 2 rings (SSSR count). The van der Waals surface area contributed by atoms with Crippen LogP contribution in [-0.4, -0.2) is 24.1 Å². The maximum atomic E-state index is 5.72. The Labute approximate surface area is 92.4 Å². The van der Waals surface area contributed by atoms with Crippen molar-refractivity contribution in [3.05, 3.63) is 22.8 Å². The first-order valence-corrected chi connectivity index (χ1v) is 5.70. The minimum Gasteiger partial charge on any atom is -0.352 e. The van der Waals surface area contributed by atoms with Crippen LogP contribution in [0.1, 0.15) is 12.8 Å². The summed E-state index contributed by atoms with van der Waals surface area (Å²) in [6.07, 6.45) is 2.40. The molecular formula is C10H14BrN3. The second-order valence-electron chi connectivity index (χ2n) is 3.54. The van der Waals surface area contributed by atoms with Gasteiger partial charge in [0.1, 0.15) is 10.4 Å². The van der Waals surface area contributed by atoms with Gasteiger partial charge in [-0.05, 0) is 40.9 Å². The van der Waals surface area contributed by atoms with Crippen LogP contribution in [0.15, 0.2) is 22.8 Å². The van der Waals surface area contributed by atoms with Crippen molar-refractivity contribution in [2.45, 2.75) is 18.9 Å². The van der Waals surface area contributed by atoms with Crippen LogP contribution in [-0.2, 0) is 0 Å². The summed E-state index contributed by atoms with van der Waals surface area (Å²) in [4.78, 5) is 6.74. The molecule has 4 heteroatoms. The van der Waals surface area contributed by atoms with E-state index >= 15 is 0 Å². The van der Waals surface area contributed by atoms with Gasteiger partial charge in [0.2, 0.25) is 0 Å². The molecule has 0 radical (unpaired) electrons. The van der Waals surface area contributed by atoms with E-state index in [9.17, 15) is 0 Å². The third kappa shape index (κ3) is 1.91. The SMILES string of the molecule is NC[C@H]1CCCN1c1cccc(Br)n1. The standard InChI is InChI=1S/C10H14BrN3/c11-9-4-1-5-10(13-9)14-6-2-3-8(14)7-12/h1,4-5,8H,2-3,6-7,12H2/t8-/m1/s1. The molecule has 1 fully saturated rings. The van der Waals surface area contributed by atoms with E-state index in [1.807, 2.05) is 18.2 Å². The summed E-state index contributed by atoms with van der Waals surface area (Å²) < 4.78 is 0.887. The molecule has 14 heavy (non-hydrogen) atoms. The molecule has 2 N–H and O–H groups in total. The number of rotatable bonds is 2. The lowest BCUT2D eigenvalue weighted by Crippen LogP contribution is -2.35. The predicted molar refractivity (Wildman–Crippen MR) is 61.4 cm³/mol. The Morgan fingerprint density at radius 3 is 3.14 bits per heavy atom. The van der Waals surface area contributed by atoms with Crippen LogP contribution in [0, 0.1) is 0 Å². The first-order valence-electron chi connectivity index (χ1n) is 4.90. The molecule has 1 aromatic rings. The predicted octanol–water partition coefficient (Wildman–Crippen LogP) is 1.77. The van der Waals surface area contributed by atoms with E-state index in [1.165, 1.54) is 12.8 Å². The Bertz CT molecular complexity index is 316. The number of anilines is 1. The van der Waals surface area contributed by atoms with Crippen molar-refractivity contribution >= 4 is 21.7 Å². The second kappa shape index (κ2) is 4.28. The van der Waals surface area contributed by atoms with Gasteiger partial charge in [-0.1, -0.05) is 6.07 Å². The van der Waals surface area contributed by atoms with Gasteiger partial charge in [0, 0.05) is 19.1 Å². The van der Waals surface area contributed by atoms with Crippen molar-refractivity contribution in [3.63, 3.8) is 0 Å². The van der Waals surface area contributed by atoms with Crippen molar-refractivity contribution in [1.29, 1.82) is 0 Å². The molecule has 1 aromatic heterocycles. The number of nitrogens with zero attached hydrogens (tertiary/aromatic N) is 2. The quantitative estimate of drug-likeness (QED) is 0.820. The van der Waals surface area contributed by atoms with Crippen LogP contribution in [0.5, 0.6) is 0 Å². The summed E-state index contributed by atoms with van der Waals surface area (Å²) in [7, 11) is 0. The molecule has 1 aliphatic heterocycles. The molecule has 1 saturated heterocycles. The van der Waals surface area contributed by atoms with Crippen LogP contribution < -0.4 is 10.6 Å². The Kier molecular flexibility index (Phi) is 3.03. The first kappa shape index (κ1) is 9.93. The molecule has 1 aliphatic rings. The van der Waals surface area contributed by atoms with Gasteiger partial charge < -0.3 is 10.6 Å². The Morgan fingerprint density at radius 1 is 1.57 bits per heavy atom. The zero-order chi connectivity index (χ0) is 9.97. The highest BCUT2D eigenvalue weighted by Gasteiger charge is 2.23. The third-order valence-electron chi connectivity index (χ3n) is 2.64. The summed E-state index contributed by atoms with van der Waals surface area (Å²) in [6, 6.07) is 6.46. The van der Waals surface area contributed by atoms with Crippen LogP contribution in [0.25, 0.3) is 0 Å². The number of pyridine rings is 1. The van der Waals surface area contributed by atoms with Crippen molar-refractivity contribution in [2.75, 3.05) is 18.0 Å². The molecule has 3 nitrogen and oxygen atoms in total. The third-order valence-corrected chi connectivity index (χ3v) is 3.09. The largest absolute Gasteiger partial charge is 0.352 e.